The molecule has 100 valence electrons. The Morgan fingerprint density at radius 3 is 2.56 bits per heavy atom. The monoisotopic (exact) mass is 252 g/mol. The van der Waals surface area contributed by atoms with Crippen molar-refractivity contribution in [3.63, 3.8) is 0 Å². The minimum absolute atomic E-state index is 0.310. The third-order valence-corrected chi connectivity index (χ3v) is 3.54. The van der Waals surface area contributed by atoms with Gasteiger partial charge in [0.25, 0.3) is 0 Å². The molecule has 0 radical (unpaired) electrons. The molecule has 2 rings (SSSR count). The van der Waals surface area contributed by atoms with Crippen LogP contribution in [0, 0.1) is 6.92 Å². The van der Waals surface area contributed by atoms with Gasteiger partial charge in [0.05, 0.1) is 6.61 Å². The molecule has 0 aromatic heterocycles. The van der Waals surface area contributed by atoms with E-state index in [9.17, 15) is 5.11 Å². The summed E-state index contributed by atoms with van der Waals surface area (Å²) in [4.78, 5) is 10.7. The van der Waals surface area contributed by atoms with E-state index < -0.39 is 17.8 Å². The Kier molecular flexibility index (Phi) is 4.02. The van der Waals surface area contributed by atoms with Crippen molar-refractivity contribution in [3.8, 4) is 0 Å². The lowest BCUT2D eigenvalue weighted by Gasteiger charge is -2.37. The molecule has 1 aliphatic rings. The molecule has 0 aliphatic carbocycles. The van der Waals surface area contributed by atoms with Gasteiger partial charge in [-0.15, -0.1) is 0 Å². The molecule has 1 heterocycles. The van der Waals surface area contributed by atoms with Gasteiger partial charge in [0.15, 0.2) is 0 Å². The van der Waals surface area contributed by atoms with Crippen LogP contribution < -0.4 is 0 Å². The third kappa shape index (κ3) is 2.72. The van der Waals surface area contributed by atoms with Crippen LogP contribution in [0.1, 0.15) is 30.9 Å². The number of hydrogen-bond donors (Lipinski definition) is 2. The topological polar surface area (TPSA) is 58.9 Å². The number of aliphatic hydroxyl groups is 2. The van der Waals surface area contributed by atoms with E-state index in [2.05, 4.69) is 0 Å². The van der Waals surface area contributed by atoms with E-state index in [1.165, 1.54) is 5.56 Å². The maximum Gasteiger partial charge on any atom is 0.126 e. The van der Waals surface area contributed by atoms with Gasteiger partial charge in [-0.05, 0) is 32.3 Å². The first-order chi connectivity index (χ1) is 8.55. The van der Waals surface area contributed by atoms with Crippen molar-refractivity contribution in [3.05, 3.63) is 35.4 Å². The molecule has 0 spiro atoms. The SMILES string of the molecule is Cc1ccc([C@@]2(C)CC[C@H]([C@@H](O)CO)OO2)cc1. The van der Waals surface area contributed by atoms with Gasteiger partial charge in [-0.2, -0.15) is 0 Å². The molecular formula is C14H20O4. The summed E-state index contributed by atoms with van der Waals surface area (Å²) in [7, 11) is 0. The Morgan fingerprint density at radius 1 is 1.39 bits per heavy atom. The Balaban J connectivity index is 2.05. The smallest absolute Gasteiger partial charge is 0.126 e. The zero-order chi connectivity index (χ0) is 13.2. The normalized spacial score (nSPS) is 30.1. The minimum Gasteiger partial charge on any atom is -0.394 e. The molecule has 1 aromatic rings. The summed E-state index contributed by atoms with van der Waals surface area (Å²) in [6.07, 6.45) is 0.0743. The molecule has 4 heteroatoms. The maximum atomic E-state index is 9.50. The molecule has 18 heavy (non-hydrogen) atoms. The van der Waals surface area contributed by atoms with E-state index in [0.29, 0.717) is 6.42 Å². The van der Waals surface area contributed by atoms with Gasteiger partial charge in [0, 0.05) is 0 Å². The minimum atomic E-state index is -0.882. The first-order valence-electron chi connectivity index (χ1n) is 6.26. The zero-order valence-corrected chi connectivity index (χ0v) is 10.8. The van der Waals surface area contributed by atoms with Crippen LogP contribution in [0.15, 0.2) is 24.3 Å². The van der Waals surface area contributed by atoms with Gasteiger partial charge in [-0.1, -0.05) is 29.8 Å². The number of aliphatic hydroxyl groups excluding tert-OH is 2. The average molecular weight is 252 g/mol. The van der Waals surface area contributed by atoms with Crippen molar-refractivity contribution in [2.75, 3.05) is 6.61 Å². The number of benzene rings is 1. The summed E-state index contributed by atoms with van der Waals surface area (Å²) >= 11 is 0. The first kappa shape index (κ1) is 13.5. The Labute approximate surface area is 107 Å². The van der Waals surface area contributed by atoms with E-state index in [-0.39, 0.29) is 6.61 Å². The highest BCUT2D eigenvalue weighted by Crippen LogP contribution is 2.36. The summed E-state index contributed by atoms with van der Waals surface area (Å²) in [5, 5.41) is 18.4. The molecule has 1 aromatic carbocycles. The van der Waals surface area contributed by atoms with Crippen molar-refractivity contribution in [2.45, 2.75) is 44.5 Å². The largest absolute Gasteiger partial charge is 0.394 e. The molecule has 0 amide bonds. The van der Waals surface area contributed by atoms with Crippen LogP contribution in [-0.4, -0.2) is 29.0 Å². The van der Waals surface area contributed by atoms with Crippen molar-refractivity contribution in [2.24, 2.45) is 0 Å². The number of rotatable bonds is 3. The van der Waals surface area contributed by atoms with Crippen molar-refractivity contribution >= 4 is 0 Å². The highest BCUT2D eigenvalue weighted by atomic mass is 17.2. The Hall–Kier alpha value is -0.940. The predicted octanol–water partition coefficient (Wildman–Crippen LogP) is 1.67. The van der Waals surface area contributed by atoms with E-state index >= 15 is 0 Å². The average Bonchev–Trinajstić information content (AvgIpc) is 2.39. The molecule has 3 atom stereocenters. The fourth-order valence-electron chi connectivity index (χ4n) is 2.15. The van der Waals surface area contributed by atoms with Crippen LogP contribution in [0.2, 0.25) is 0 Å². The van der Waals surface area contributed by atoms with E-state index in [0.717, 1.165) is 12.0 Å². The predicted molar refractivity (Wildman–Crippen MR) is 66.8 cm³/mol. The second-order valence-corrected chi connectivity index (χ2v) is 5.10. The molecule has 2 N–H and O–H groups in total. The molecule has 0 unspecified atom stereocenters. The fraction of sp³-hybridized carbons (Fsp3) is 0.571. The van der Waals surface area contributed by atoms with Crippen LogP contribution >= 0.6 is 0 Å². The van der Waals surface area contributed by atoms with Gasteiger partial charge >= 0.3 is 0 Å². The highest BCUT2D eigenvalue weighted by molar-refractivity contribution is 5.26. The van der Waals surface area contributed by atoms with Crippen molar-refractivity contribution in [1.29, 1.82) is 0 Å². The van der Waals surface area contributed by atoms with Crippen molar-refractivity contribution < 1.29 is 20.0 Å². The summed E-state index contributed by atoms with van der Waals surface area (Å²) in [5.41, 5.74) is 1.78. The second-order valence-electron chi connectivity index (χ2n) is 5.10. The summed E-state index contributed by atoms with van der Waals surface area (Å²) < 4.78 is 0. The molecule has 1 saturated heterocycles. The van der Waals surface area contributed by atoms with Crippen LogP contribution in [0.3, 0.4) is 0 Å². The maximum absolute atomic E-state index is 9.50. The lowest BCUT2D eigenvalue weighted by molar-refractivity contribution is -0.420. The van der Waals surface area contributed by atoms with E-state index in [1.54, 1.807) is 0 Å². The zero-order valence-electron chi connectivity index (χ0n) is 10.8. The molecule has 4 nitrogen and oxygen atoms in total. The van der Waals surface area contributed by atoms with Gasteiger partial charge in [0.2, 0.25) is 0 Å². The van der Waals surface area contributed by atoms with Crippen LogP contribution in [0.4, 0.5) is 0 Å². The lowest BCUT2D eigenvalue weighted by Crippen LogP contribution is -2.41. The molecule has 0 saturated carbocycles. The second kappa shape index (κ2) is 5.36. The van der Waals surface area contributed by atoms with Crippen LogP contribution in [-0.2, 0) is 15.4 Å². The van der Waals surface area contributed by atoms with Gasteiger partial charge in [0.1, 0.15) is 17.8 Å². The Bertz CT molecular complexity index is 379. The van der Waals surface area contributed by atoms with Crippen molar-refractivity contribution in [1.82, 2.24) is 0 Å². The summed E-state index contributed by atoms with van der Waals surface area (Å²) in [6, 6.07) is 8.14. The van der Waals surface area contributed by atoms with Gasteiger partial charge < -0.3 is 10.2 Å². The molecule has 1 aliphatic heterocycles. The molecule has 0 bridgehead atoms. The lowest BCUT2D eigenvalue weighted by atomic mass is 9.88. The quantitative estimate of drug-likeness (QED) is 0.803. The van der Waals surface area contributed by atoms with E-state index in [1.807, 2.05) is 38.1 Å². The molecule has 1 fully saturated rings. The highest BCUT2D eigenvalue weighted by Gasteiger charge is 2.37. The van der Waals surface area contributed by atoms with E-state index in [4.69, 9.17) is 14.9 Å². The van der Waals surface area contributed by atoms with Gasteiger partial charge in [-0.3, -0.25) is 0 Å². The summed E-state index contributed by atoms with van der Waals surface area (Å²) in [5.74, 6) is 0. The standard InChI is InChI=1S/C14H20O4/c1-10-3-5-11(6-4-10)14(2)8-7-13(17-18-14)12(16)9-15/h3-6,12-13,15-16H,7-9H2,1-2H3/t12-,13+,14+/m0/s1. The first-order valence-corrected chi connectivity index (χ1v) is 6.26. The Morgan fingerprint density at radius 2 is 2.06 bits per heavy atom. The fourth-order valence-corrected chi connectivity index (χ4v) is 2.15. The van der Waals surface area contributed by atoms with Crippen LogP contribution in [0.25, 0.3) is 0 Å². The van der Waals surface area contributed by atoms with Crippen LogP contribution in [0.5, 0.6) is 0 Å². The number of hydrogen-bond acceptors (Lipinski definition) is 4. The molecular weight excluding hydrogens is 232 g/mol. The summed E-state index contributed by atoms with van der Waals surface area (Å²) in [6.45, 7) is 3.70. The van der Waals surface area contributed by atoms with Gasteiger partial charge in [-0.25, -0.2) is 9.78 Å². The number of aryl methyl sites for hydroxylation is 1. The third-order valence-electron chi connectivity index (χ3n) is 3.54.